The lowest BCUT2D eigenvalue weighted by Crippen LogP contribution is -1.64. The maximum atomic E-state index is 8.79. The van der Waals surface area contributed by atoms with Crippen molar-refractivity contribution in [1.29, 1.82) is 0 Å². The van der Waals surface area contributed by atoms with Crippen LogP contribution in [-0.2, 0) is 6.42 Å². The van der Waals surface area contributed by atoms with Gasteiger partial charge in [0.15, 0.2) is 0 Å². The molecular formula is C6H8OS. The van der Waals surface area contributed by atoms with Crippen LogP contribution in [-0.4, -0.2) is 5.11 Å². The van der Waals surface area contributed by atoms with Gasteiger partial charge in [-0.2, -0.15) is 0 Å². The summed E-state index contributed by atoms with van der Waals surface area (Å²) in [5, 5.41) is 10.5. The van der Waals surface area contributed by atoms with Crippen LogP contribution >= 0.6 is 11.3 Å². The van der Waals surface area contributed by atoms with Crippen LogP contribution in [0.15, 0.2) is 11.4 Å². The van der Waals surface area contributed by atoms with E-state index in [0.29, 0.717) is 5.75 Å². The molecule has 1 rings (SSSR count). The van der Waals surface area contributed by atoms with Crippen molar-refractivity contribution in [2.24, 2.45) is 0 Å². The second-order valence-electron chi connectivity index (χ2n) is 1.62. The summed E-state index contributed by atoms with van der Waals surface area (Å²) in [7, 11) is 0. The minimum atomic E-state index is 0.395. The number of rotatable bonds is 1. The summed E-state index contributed by atoms with van der Waals surface area (Å²) in [4.78, 5) is 1.24. The van der Waals surface area contributed by atoms with Crippen LogP contribution in [0.2, 0.25) is 0 Å². The highest BCUT2D eigenvalue weighted by Crippen LogP contribution is 2.19. The van der Waals surface area contributed by atoms with Crippen molar-refractivity contribution in [1.82, 2.24) is 0 Å². The van der Waals surface area contributed by atoms with Gasteiger partial charge < -0.3 is 5.11 Å². The predicted octanol–water partition coefficient (Wildman–Crippen LogP) is 2.02. The molecule has 1 aromatic rings. The Kier molecular flexibility index (Phi) is 1.53. The molecule has 0 aliphatic heterocycles. The Labute approximate surface area is 52.6 Å². The summed E-state index contributed by atoms with van der Waals surface area (Å²) >= 11 is 1.60. The van der Waals surface area contributed by atoms with Crippen LogP contribution in [0.25, 0.3) is 0 Å². The fourth-order valence-electron chi connectivity index (χ4n) is 0.554. The molecule has 0 aromatic carbocycles. The molecule has 0 spiro atoms. The van der Waals surface area contributed by atoms with Crippen molar-refractivity contribution >= 4 is 11.3 Å². The van der Waals surface area contributed by atoms with E-state index in [1.165, 1.54) is 4.88 Å². The zero-order valence-electron chi connectivity index (χ0n) is 4.72. The molecule has 0 radical (unpaired) electrons. The molecule has 0 atom stereocenters. The summed E-state index contributed by atoms with van der Waals surface area (Å²) in [5.74, 6) is 0.395. The second kappa shape index (κ2) is 2.18. The highest BCUT2D eigenvalue weighted by Gasteiger charge is 1.91. The molecule has 2 heteroatoms. The fraction of sp³-hybridized carbons (Fsp3) is 0.333. The molecule has 0 fully saturated rings. The van der Waals surface area contributed by atoms with E-state index in [1.807, 2.05) is 0 Å². The van der Waals surface area contributed by atoms with E-state index >= 15 is 0 Å². The van der Waals surface area contributed by atoms with E-state index in [4.69, 9.17) is 5.11 Å². The second-order valence-corrected chi connectivity index (χ2v) is 2.62. The van der Waals surface area contributed by atoms with E-state index < -0.39 is 0 Å². The Morgan fingerprint density at radius 2 is 2.50 bits per heavy atom. The number of hydrogen-bond donors (Lipinski definition) is 1. The van der Waals surface area contributed by atoms with Gasteiger partial charge in [0, 0.05) is 10.3 Å². The highest BCUT2D eigenvalue weighted by molar-refractivity contribution is 7.10. The molecule has 0 aliphatic carbocycles. The molecule has 8 heavy (non-hydrogen) atoms. The van der Waals surface area contributed by atoms with Crippen molar-refractivity contribution < 1.29 is 5.11 Å². The molecule has 1 heterocycles. The van der Waals surface area contributed by atoms with Crippen molar-refractivity contribution in [2.45, 2.75) is 13.3 Å². The largest absolute Gasteiger partial charge is 0.507 e. The first-order valence-corrected chi connectivity index (χ1v) is 3.47. The quantitative estimate of drug-likeness (QED) is 0.613. The molecule has 1 aromatic heterocycles. The zero-order valence-corrected chi connectivity index (χ0v) is 5.53. The van der Waals surface area contributed by atoms with Gasteiger partial charge in [-0.3, -0.25) is 0 Å². The van der Waals surface area contributed by atoms with Gasteiger partial charge >= 0.3 is 0 Å². The summed E-state index contributed by atoms with van der Waals surface area (Å²) in [6, 6.07) is 1.80. The Hall–Kier alpha value is -0.500. The normalized spacial score (nSPS) is 9.62. The number of aryl methyl sites for hydroxylation is 1. The number of aromatic hydroxyl groups is 1. The number of hydrogen-bond acceptors (Lipinski definition) is 2. The third kappa shape index (κ3) is 1.01. The van der Waals surface area contributed by atoms with Crippen LogP contribution in [0, 0.1) is 0 Å². The van der Waals surface area contributed by atoms with Crippen molar-refractivity contribution in [2.75, 3.05) is 0 Å². The van der Waals surface area contributed by atoms with Crippen LogP contribution in [0.3, 0.4) is 0 Å². The smallest absolute Gasteiger partial charge is 0.126 e. The SMILES string of the molecule is CCc1cc(O)cs1. The first kappa shape index (κ1) is 5.63. The Balaban J connectivity index is 2.84. The van der Waals surface area contributed by atoms with Crippen LogP contribution in [0.4, 0.5) is 0 Å². The molecule has 0 amide bonds. The average Bonchev–Trinajstić information content (AvgIpc) is 2.14. The minimum Gasteiger partial charge on any atom is -0.507 e. The predicted molar refractivity (Wildman–Crippen MR) is 35.4 cm³/mol. The van der Waals surface area contributed by atoms with Crippen molar-refractivity contribution in [3.05, 3.63) is 16.3 Å². The summed E-state index contributed by atoms with van der Waals surface area (Å²) in [6.45, 7) is 2.07. The monoisotopic (exact) mass is 128 g/mol. The average molecular weight is 128 g/mol. The van der Waals surface area contributed by atoms with Gasteiger partial charge in [-0.05, 0) is 12.5 Å². The van der Waals surface area contributed by atoms with E-state index in [9.17, 15) is 0 Å². The molecule has 44 valence electrons. The van der Waals surface area contributed by atoms with Gasteiger partial charge in [-0.1, -0.05) is 6.92 Å². The van der Waals surface area contributed by atoms with Crippen LogP contribution < -0.4 is 0 Å². The topological polar surface area (TPSA) is 20.2 Å². The maximum Gasteiger partial charge on any atom is 0.126 e. The number of thiophene rings is 1. The van der Waals surface area contributed by atoms with Gasteiger partial charge in [-0.15, -0.1) is 11.3 Å². The Bertz CT molecular complexity index is 169. The van der Waals surface area contributed by atoms with Crippen LogP contribution in [0.1, 0.15) is 11.8 Å². The van der Waals surface area contributed by atoms with Gasteiger partial charge in [0.25, 0.3) is 0 Å². The van der Waals surface area contributed by atoms with Crippen LogP contribution in [0.5, 0.6) is 5.75 Å². The molecule has 0 saturated carbocycles. The van der Waals surface area contributed by atoms with Gasteiger partial charge in [0.05, 0.1) is 0 Å². The lowest BCUT2D eigenvalue weighted by molar-refractivity contribution is 0.477. The summed E-state index contributed by atoms with van der Waals surface area (Å²) < 4.78 is 0. The van der Waals surface area contributed by atoms with Crippen molar-refractivity contribution in [3.8, 4) is 5.75 Å². The lowest BCUT2D eigenvalue weighted by atomic mass is 10.4. The van der Waals surface area contributed by atoms with E-state index in [2.05, 4.69) is 6.92 Å². The highest BCUT2D eigenvalue weighted by atomic mass is 32.1. The third-order valence-electron chi connectivity index (χ3n) is 0.988. The minimum absolute atomic E-state index is 0.395. The third-order valence-corrected chi connectivity index (χ3v) is 2.06. The zero-order chi connectivity index (χ0) is 5.98. The molecule has 0 unspecified atom stereocenters. The molecule has 0 aliphatic rings. The maximum absolute atomic E-state index is 8.79. The molecule has 0 bridgehead atoms. The molecule has 0 saturated heterocycles. The Morgan fingerprint density at radius 3 is 2.75 bits per heavy atom. The molecule has 1 N–H and O–H groups in total. The first-order valence-electron chi connectivity index (χ1n) is 2.59. The van der Waals surface area contributed by atoms with Crippen molar-refractivity contribution in [3.63, 3.8) is 0 Å². The van der Waals surface area contributed by atoms with E-state index in [0.717, 1.165) is 6.42 Å². The molecular weight excluding hydrogens is 120 g/mol. The lowest BCUT2D eigenvalue weighted by Gasteiger charge is -1.79. The summed E-state index contributed by atoms with van der Waals surface area (Å²) in [6.07, 6.45) is 1.02. The van der Waals surface area contributed by atoms with Gasteiger partial charge in [0.1, 0.15) is 5.75 Å². The molecule has 1 nitrogen and oxygen atoms in total. The summed E-state index contributed by atoms with van der Waals surface area (Å²) in [5.41, 5.74) is 0. The Morgan fingerprint density at radius 1 is 1.75 bits per heavy atom. The van der Waals surface area contributed by atoms with E-state index in [1.54, 1.807) is 22.8 Å². The first-order chi connectivity index (χ1) is 3.83. The van der Waals surface area contributed by atoms with Gasteiger partial charge in [-0.25, -0.2) is 0 Å². The van der Waals surface area contributed by atoms with Gasteiger partial charge in [0.2, 0.25) is 0 Å². The fourth-order valence-corrected chi connectivity index (χ4v) is 1.25. The van der Waals surface area contributed by atoms with E-state index in [-0.39, 0.29) is 0 Å². The standard InChI is InChI=1S/C6H8OS/c1-2-6-3-5(7)4-8-6/h3-4,7H,2H2,1H3.